The van der Waals surface area contributed by atoms with Crippen molar-refractivity contribution < 1.29 is 13.3 Å². The summed E-state index contributed by atoms with van der Waals surface area (Å²) in [5.41, 5.74) is 0.215. The molecule has 0 aromatic heterocycles. The summed E-state index contributed by atoms with van der Waals surface area (Å²) < 4.78 is 20.3. The van der Waals surface area contributed by atoms with Crippen LogP contribution >= 0.6 is 15.9 Å². The van der Waals surface area contributed by atoms with Crippen LogP contribution in [0.25, 0.3) is 0 Å². The van der Waals surface area contributed by atoms with E-state index in [0.717, 1.165) is 5.41 Å². The molecule has 0 aromatic carbocycles. The largest absolute Gasteiger partial charge is 0.310 e. The third-order valence-electron chi connectivity index (χ3n) is 1.64. The summed E-state index contributed by atoms with van der Waals surface area (Å²) in [6.45, 7) is 1.42. The van der Waals surface area contributed by atoms with E-state index in [0.29, 0.717) is 0 Å². The van der Waals surface area contributed by atoms with Crippen LogP contribution in [0.15, 0.2) is 11.0 Å². The highest BCUT2D eigenvalue weighted by atomic mass is 79.9. The minimum absolute atomic E-state index is 0.215. The van der Waals surface area contributed by atoms with E-state index in [2.05, 4.69) is 15.9 Å². The number of sulfone groups is 1. The van der Waals surface area contributed by atoms with Crippen molar-refractivity contribution in [2.75, 3.05) is 5.75 Å². The van der Waals surface area contributed by atoms with Crippen molar-refractivity contribution in [1.82, 2.24) is 0 Å². The molecule has 0 spiro atoms. The fourth-order valence-corrected chi connectivity index (χ4v) is 3.88. The first-order chi connectivity index (χ1) is 5.28. The van der Waals surface area contributed by atoms with Crippen molar-refractivity contribution in [2.24, 2.45) is 0 Å². The average Bonchev–Trinajstić information content (AvgIpc) is 2.03. The monoisotopic (exact) mass is 255 g/mol. The first kappa shape index (κ1) is 9.66. The molecule has 1 rings (SSSR count). The zero-order valence-corrected chi connectivity index (χ0v) is 8.55. The van der Waals surface area contributed by atoms with Crippen LogP contribution in [-0.2, 0) is 9.84 Å². The first-order valence-corrected chi connectivity index (χ1v) is 5.54. The van der Waals surface area contributed by atoms with Gasteiger partial charge in [-0.2, -0.15) is 0 Å². The van der Waals surface area contributed by atoms with Gasteiger partial charge in [0.15, 0.2) is 9.84 Å². The molecule has 5 nitrogen and oxygen atoms in total. The molecule has 1 heterocycles. The number of hydrogen-bond acceptors (Lipinski definition) is 4. The fraction of sp³-hybridized carbons (Fsp3) is 0.600. The summed E-state index contributed by atoms with van der Waals surface area (Å²) in [5.74, 6) is -0.501. The lowest BCUT2D eigenvalue weighted by Crippen LogP contribution is -2.34. The van der Waals surface area contributed by atoms with Crippen LogP contribution in [0.3, 0.4) is 0 Å². The molecule has 1 aliphatic heterocycles. The Labute approximate surface area is 77.6 Å². The average molecular weight is 256 g/mol. The molecule has 0 bridgehead atoms. The Balaban J connectivity index is 3.20. The van der Waals surface area contributed by atoms with E-state index in [1.54, 1.807) is 0 Å². The molecule has 0 saturated heterocycles. The Morgan fingerprint density at radius 1 is 1.75 bits per heavy atom. The number of nitrogens with zero attached hydrogens (tertiary/aromatic N) is 1. The van der Waals surface area contributed by atoms with Crippen molar-refractivity contribution >= 4 is 25.8 Å². The van der Waals surface area contributed by atoms with Crippen LogP contribution in [-0.4, -0.2) is 23.5 Å². The van der Waals surface area contributed by atoms with Gasteiger partial charge >= 0.3 is 4.45 Å². The standard InChI is InChI=1S/C5H6BrNO4S/c1-4-2-12(10,11)3-5(4,6)7(8)9/h2H,3H2,1H3. The molecule has 1 aliphatic rings. The van der Waals surface area contributed by atoms with Gasteiger partial charge in [-0.15, -0.1) is 0 Å². The fourth-order valence-electron chi connectivity index (χ4n) is 0.978. The molecule has 0 fully saturated rings. The molecule has 0 aliphatic carbocycles. The second kappa shape index (κ2) is 2.53. The van der Waals surface area contributed by atoms with Gasteiger partial charge in [-0.05, 0) is 6.92 Å². The van der Waals surface area contributed by atoms with Crippen molar-refractivity contribution in [1.29, 1.82) is 0 Å². The Hall–Kier alpha value is -0.430. The van der Waals surface area contributed by atoms with Gasteiger partial charge in [-0.25, -0.2) is 8.42 Å². The van der Waals surface area contributed by atoms with Gasteiger partial charge in [-0.1, -0.05) is 0 Å². The topological polar surface area (TPSA) is 77.3 Å². The van der Waals surface area contributed by atoms with Gasteiger partial charge in [0.05, 0.1) is 0 Å². The molecule has 0 N–H and O–H groups in total. The van der Waals surface area contributed by atoms with E-state index >= 15 is 0 Å². The maximum Gasteiger partial charge on any atom is 0.310 e. The third kappa shape index (κ3) is 1.38. The summed E-state index contributed by atoms with van der Waals surface area (Å²) in [6.07, 6.45) is 0. The van der Waals surface area contributed by atoms with E-state index in [-0.39, 0.29) is 5.57 Å². The number of alkyl halides is 1. The lowest BCUT2D eigenvalue weighted by Gasteiger charge is -2.11. The number of rotatable bonds is 1. The lowest BCUT2D eigenvalue weighted by atomic mass is 10.2. The third-order valence-corrected chi connectivity index (χ3v) is 4.74. The molecular formula is C5H6BrNO4S. The van der Waals surface area contributed by atoms with E-state index < -0.39 is 25.0 Å². The minimum atomic E-state index is -3.40. The highest BCUT2D eigenvalue weighted by Gasteiger charge is 2.50. The van der Waals surface area contributed by atoms with Gasteiger partial charge in [0.25, 0.3) is 0 Å². The number of hydrogen-bond donors (Lipinski definition) is 0. The number of nitro groups is 1. The molecule has 1 unspecified atom stereocenters. The van der Waals surface area contributed by atoms with Crippen LogP contribution in [0.2, 0.25) is 0 Å². The van der Waals surface area contributed by atoms with Gasteiger partial charge in [-0.3, -0.25) is 10.1 Å². The van der Waals surface area contributed by atoms with E-state index in [4.69, 9.17) is 0 Å². The zero-order valence-electron chi connectivity index (χ0n) is 6.15. The van der Waals surface area contributed by atoms with Crippen molar-refractivity contribution in [3.05, 3.63) is 21.1 Å². The Bertz CT molecular complexity index is 360. The summed E-state index contributed by atoms with van der Waals surface area (Å²) in [5, 5.41) is 11.4. The predicted octanol–water partition coefficient (Wildman–Crippen LogP) is 0.687. The van der Waals surface area contributed by atoms with Crippen LogP contribution < -0.4 is 0 Å². The molecule has 7 heteroatoms. The molecule has 0 radical (unpaired) electrons. The van der Waals surface area contributed by atoms with E-state index in [9.17, 15) is 18.5 Å². The van der Waals surface area contributed by atoms with Gasteiger partial charge < -0.3 is 0 Å². The van der Waals surface area contributed by atoms with E-state index in [1.165, 1.54) is 6.92 Å². The molecule has 0 amide bonds. The van der Waals surface area contributed by atoms with Crippen molar-refractivity contribution in [3.8, 4) is 0 Å². The predicted molar refractivity (Wildman–Crippen MR) is 46.2 cm³/mol. The van der Waals surface area contributed by atoms with Gasteiger partial charge in [0.2, 0.25) is 0 Å². The lowest BCUT2D eigenvalue weighted by molar-refractivity contribution is -0.518. The smallest absolute Gasteiger partial charge is 0.263 e. The molecule has 68 valence electrons. The Kier molecular flexibility index (Phi) is 2.03. The summed E-state index contributed by atoms with van der Waals surface area (Å²) in [7, 11) is -3.40. The SMILES string of the molecule is CC1=CS(=O)(=O)CC1(Br)[N+](=O)[O-]. The zero-order chi connectivity index (χ0) is 9.57. The van der Waals surface area contributed by atoms with Crippen LogP contribution in [0.5, 0.6) is 0 Å². The minimum Gasteiger partial charge on any atom is -0.263 e. The molecular weight excluding hydrogens is 250 g/mol. The quantitative estimate of drug-likeness (QED) is 0.299. The normalized spacial score (nSPS) is 33.0. The molecule has 0 saturated carbocycles. The summed E-state index contributed by atoms with van der Waals surface area (Å²) in [4.78, 5) is 9.84. The van der Waals surface area contributed by atoms with Gasteiger partial charge in [0.1, 0.15) is 5.75 Å². The highest BCUT2D eigenvalue weighted by Crippen LogP contribution is 2.35. The maximum absolute atomic E-state index is 11.0. The number of halogens is 1. The van der Waals surface area contributed by atoms with E-state index in [1.807, 2.05) is 0 Å². The molecule has 12 heavy (non-hydrogen) atoms. The second-order valence-electron chi connectivity index (χ2n) is 2.62. The summed E-state index contributed by atoms with van der Waals surface area (Å²) in [6, 6.07) is 0. The van der Waals surface area contributed by atoms with Crippen molar-refractivity contribution in [3.63, 3.8) is 0 Å². The van der Waals surface area contributed by atoms with Crippen LogP contribution in [0, 0.1) is 10.1 Å². The highest BCUT2D eigenvalue weighted by molar-refractivity contribution is 9.10. The molecule has 1 atom stereocenters. The van der Waals surface area contributed by atoms with Crippen LogP contribution in [0.4, 0.5) is 0 Å². The van der Waals surface area contributed by atoms with Gasteiger partial charge in [0, 0.05) is 31.8 Å². The maximum atomic E-state index is 11.0. The second-order valence-corrected chi connectivity index (χ2v) is 5.79. The Morgan fingerprint density at radius 3 is 2.42 bits per heavy atom. The van der Waals surface area contributed by atoms with Crippen molar-refractivity contribution in [2.45, 2.75) is 11.4 Å². The Morgan fingerprint density at radius 2 is 2.25 bits per heavy atom. The van der Waals surface area contributed by atoms with Crippen LogP contribution in [0.1, 0.15) is 6.92 Å². The molecule has 0 aromatic rings. The summed E-state index contributed by atoms with van der Waals surface area (Å²) >= 11 is 2.80. The first-order valence-electron chi connectivity index (χ1n) is 3.03.